The maximum atomic E-state index is 13.3. The third-order valence-electron chi connectivity index (χ3n) is 5.99. The second kappa shape index (κ2) is 5.89. The highest BCUT2D eigenvalue weighted by Crippen LogP contribution is 2.46. The fourth-order valence-electron chi connectivity index (χ4n) is 4.52. The number of benzene rings is 1. The number of Topliss-reactive ketones (excluding diaryl/α,β-unsaturated/α-hetero) is 1. The van der Waals surface area contributed by atoms with Gasteiger partial charge in [0.25, 0.3) is 0 Å². The molecule has 1 saturated carbocycles. The number of amides is 1. The highest BCUT2D eigenvalue weighted by molar-refractivity contribution is 9.10. The minimum Gasteiger partial charge on any atom is -0.348 e. The van der Waals surface area contributed by atoms with Crippen LogP contribution in [0.2, 0.25) is 0 Å². The van der Waals surface area contributed by atoms with E-state index in [9.17, 15) is 9.59 Å². The van der Waals surface area contributed by atoms with Gasteiger partial charge in [-0.25, -0.2) is 0 Å². The molecule has 3 fully saturated rings. The average Bonchev–Trinajstić information content (AvgIpc) is 3.13. The Bertz CT molecular complexity index is 744. The zero-order valence-corrected chi connectivity index (χ0v) is 16.1. The summed E-state index contributed by atoms with van der Waals surface area (Å²) >= 11 is 3.52. The molecular formula is C19H22BrNO4. The van der Waals surface area contributed by atoms with Crippen LogP contribution in [0.15, 0.2) is 16.6 Å². The fourth-order valence-corrected chi connectivity index (χ4v) is 4.87. The van der Waals surface area contributed by atoms with Crippen molar-refractivity contribution in [3.63, 3.8) is 0 Å². The average molecular weight is 408 g/mol. The molecule has 1 aromatic carbocycles. The van der Waals surface area contributed by atoms with Gasteiger partial charge in [-0.05, 0) is 49.4 Å². The maximum absolute atomic E-state index is 13.3. The first kappa shape index (κ1) is 17.2. The first-order chi connectivity index (χ1) is 11.9. The Balaban J connectivity index is 1.65. The van der Waals surface area contributed by atoms with Crippen LogP contribution in [-0.2, 0) is 19.1 Å². The number of aryl methyl sites for hydroxylation is 1. The Labute approximate surface area is 155 Å². The van der Waals surface area contributed by atoms with Crippen molar-refractivity contribution in [2.75, 3.05) is 13.2 Å². The lowest BCUT2D eigenvalue weighted by Crippen LogP contribution is -2.53. The minimum absolute atomic E-state index is 0.00496. The van der Waals surface area contributed by atoms with E-state index in [-0.39, 0.29) is 11.7 Å². The smallest absolute Gasteiger partial charge is 0.235 e. The van der Waals surface area contributed by atoms with Crippen LogP contribution in [0.3, 0.4) is 0 Å². The molecule has 25 heavy (non-hydrogen) atoms. The summed E-state index contributed by atoms with van der Waals surface area (Å²) in [6.45, 7) is 5.11. The van der Waals surface area contributed by atoms with E-state index in [0.29, 0.717) is 38.9 Å². The summed E-state index contributed by atoms with van der Waals surface area (Å²) in [7, 11) is 0. The quantitative estimate of drug-likeness (QED) is 0.726. The predicted octanol–water partition coefficient (Wildman–Crippen LogP) is 2.90. The van der Waals surface area contributed by atoms with Gasteiger partial charge >= 0.3 is 0 Å². The third-order valence-corrected chi connectivity index (χ3v) is 6.85. The molecule has 1 aromatic rings. The van der Waals surface area contributed by atoms with Gasteiger partial charge in [0.15, 0.2) is 11.6 Å². The Kier molecular flexibility index (Phi) is 4.05. The zero-order valence-electron chi connectivity index (χ0n) is 14.5. The summed E-state index contributed by atoms with van der Waals surface area (Å²) in [6.07, 6.45) is 2.42. The standard InChI is InChI=1S/C19H22BrNO4/c1-11-3-4-13(20)12(2)14(11)15-16(22)18(21-17(15)23)5-7-19(8-6-18)24-9-10-25-19/h3-4,15H,5-10H2,1-2H3,(H,21,23). The molecule has 0 bridgehead atoms. The largest absolute Gasteiger partial charge is 0.348 e. The molecule has 1 N–H and O–H groups in total. The molecule has 1 aliphatic carbocycles. The van der Waals surface area contributed by atoms with Crippen LogP contribution in [0.25, 0.3) is 0 Å². The van der Waals surface area contributed by atoms with Gasteiger partial charge in [0, 0.05) is 17.3 Å². The van der Waals surface area contributed by atoms with E-state index in [0.717, 1.165) is 21.2 Å². The molecule has 4 rings (SSSR count). The highest BCUT2D eigenvalue weighted by atomic mass is 79.9. The van der Waals surface area contributed by atoms with Crippen LogP contribution in [0, 0.1) is 13.8 Å². The van der Waals surface area contributed by atoms with Crippen molar-refractivity contribution in [2.24, 2.45) is 0 Å². The number of ether oxygens (including phenoxy) is 2. The maximum Gasteiger partial charge on any atom is 0.235 e. The summed E-state index contributed by atoms with van der Waals surface area (Å²) in [6, 6.07) is 3.91. The zero-order chi connectivity index (χ0) is 17.8. The number of halogens is 1. The van der Waals surface area contributed by atoms with Crippen molar-refractivity contribution in [3.05, 3.63) is 33.3 Å². The number of ketones is 1. The van der Waals surface area contributed by atoms with Crippen molar-refractivity contribution in [1.29, 1.82) is 0 Å². The van der Waals surface area contributed by atoms with E-state index in [2.05, 4.69) is 21.2 Å². The summed E-state index contributed by atoms with van der Waals surface area (Å²) < 4.78 is 12.4. The van der Waals surface area contributed by atoms with Gasteiger partial charge in [-0.2, -0.15) is 0 Å². The molecule has 2 aliphatic heterocycles. The number of hydrogen-bond acceptors (Lipinski definition) is 4. The van der Waals surface area contributed by atoms with Crippen molar-refractivity contribution >= 4 is 27.6 Å². The van der Waals surface area contributed by atoms with Gasteiger partial charge < -0.3 is 14.8 Å². The van der Waals surface area contributed by atoms with Gasteiger partial charge in [-0.15, -0.1) is 0 Å². The topological polar surface area (TPSA) is 64.6 Å². The molecule has 0 aromatic heterocycles. The normalized spacial score (nSPS) is 27.2. The number of rotatable bonds is 1. The number of nitrogens with one attached hydrogen (secondary N) is 1. The van der Waals surface area contributed by atoms with E-state index >= 15 is 0 Å². The Morgan fingerprint density at radius 1 is 1.08 bits per heavy atom. The molecule has 1 unspecified atom stereocenters. The molecular weight excluding hydrogens is 386 g/mol. The van der Waals surface area contributed by atoms with Crippen LogP contribution in [0.1, 0.15) is 48.3 Å². The van der Waals surface area contributed by atoms with Crippen LogP contribution >= 0.6 is 15.9 Å². The van der Waals surface area contributed by atoms with Crippen LogP contribution in [0.5, 0.6) is 0 Å². The summed E-state index contributed by atoms with van der Waals surface area (Å²) in [5.41, 5.74) is 1.99. The van der Waals surface area contributed by atoms with E-state index in [1.54, 1.807) is 0 Å². The molecule has 5 nitrogen and oxygen atoms in total. The molecule has 0 radical (unpaired) electrons. The lowest BCUT2D eigenvalue weighted by atomic mass is 9.74. The van der Waals surface area contributed by atoms with Gasteiger partial charge in [0.1, 0.15) is 11.5 Å². The SMILES string of the molecule is Cc1ccc(Br)c(C)c1C1C(=O)NC2(CCC3(CC2)OCCO3)C1=O. The van der Waals surface area contributed by atoms with Crippen molar-refractivity contribution in [1.82, 2.24) is 5.32 Å². The first-order valence-electron chi connectivity index (χ1n) is 8.77. The van der Waals surface area contributed by atoms with Gasteiger partial charge in [0.05, 0.1) is 13.2 Å². The molecule has 2 heterocycles. The Morgan fingerprint density at radius 2 is 1.72 bits per heavy atom. The highest BCUT2D eigenvalue weighted by Gasteiger charge is 2.57. The lowest BCUT2D eigenvalue weighted by Gasteiger charge is -2.40. The summed E-state index contributed by atoms with van der Waals surface area (Å²) in [5, 5.41) is 3.03. The molecule has 134 valence electrons. The van der Waals surface area contributed by atoms with Gasteiger partial charge in [0.2, 0.25) is 5.91 Å². The minimum atomic E-state index is -0.774. The number of carbonyl (C=O) groups excluding carboxylic acids is 2. The Morgan fingerprint density at radius 3 is 2.36 bits per heavy atom. The number of hydrogen-bond donors (Lipinski definition) is 1. The lowest BCUT2D eigenvalue weighted by molar-refractivity contribution is -0.186. The molecule has 6 heteroatoms. The van der Waals surface area contributed by atoms with E-state index in [1.165, 1.54) is 0 Å². The third kappa shape index (κ3) is 2.57. The van der Waals surface area contributed by atoms with Crippen LogP contribution < -0.4 is 5.32 Å². The van der Waals surface area contributed by atoms with Crippen molar-refractivity contribution in [3.8, 4) is 0 Å². The van der Waals surface area contributed by atoms with Gasteiger partial charge in [-0.3, -0.25) is 9.59 Å². The van der Waals surface area contributed by atoms with E-state index < -0.39 is 17.2 Å². The molecule has 3 aliphatic rings. The van der Waals surface area contributed by atoms with E-state index in [1.807, 2.05) is 26.0 Å². The second-order valence-electron chi connectivity index (χ2n) is 7.38. The Hall–Kier alpha value is -1.24. The molecule has 1 atom stereocenters. The summed E-state index contributed by atoms with van der Waals surface area (Å²) in [4.78, 5) is 26.1. The first-order valence-corrected chi connectivity index (χ1v) is 9.57. The van der Waals surface area contributed by atoms with Crippen LogP contribution in [-0.4, -0.2) is 36.2 Å². The fraction of sp³-hybridized carbons (Fsp3) is 0.579. The van der Waals surface area contributed by atoms with Crippen molar-refractivity contribution < 1.29 is 19.1 Å². The van der Waals surface area contributed by atoms with Crippen molar-refractivity contribution in [2.45, 2.75) is 56.8 Å². The molecule has 1 amide bonds. The molecule has 2 saturated heterocycles. The molecule has 2 spiro atoms. The van der Waals surface area contributed by atoms with Crippen LogP contribution in [0.4, 0.5) is 0 Å². The van der Waals surface area contributed by atoms with Gasteiger partial charge in [-0.1, -0.05) is 22.0 Å². The van der Waals surface area contributed by atoms with E-state index in [4.69, 9.17) is 9.47 Å². The monoisotopic (exact) mass is 407 g/mol. The number of carbonyl (C=O) groups is 2. The summed E-state index contributed by atoms with van der Waals surface area (Å²) in [5.74, 6) is -1.46. The second-order valence-corrected chi connectivity index (χ2v) is 8.23. The predicted molar refractivity (Wildman–Crippen MR) is 95.3 cm³/mol.